The molecule has 2 N–H and O–H groups in total. The zero-order chi connectivity index (χ0) is 19.9. The Bertz CT molecular complexity index is 1040. The molecule has 4 amide bonds. The van der Waals surface area contributed by atoms with Crippen LogP contribution in [0.5, 0.6) is 0 Å². The first-order valence-corrected chi connectivity index (χ1v) is 9.91. The molecular weight excluding hydrogens is 400 g/mol. The Morgan fingerprint density at radius 2 is 2.21 bits per heavy atom. The van der Waals surface area contributed by atoms with Gasteiger partial charge in [0.2, 0.25) is 5.91 Å². The van der Waals surface area contributed by atoms with Gasteiger partial charge in [0.15, 0.2) is 0 Å². The Morgan fingerprint density at radius 3 is 2.96 bits per heavy atom. The number of urea groups is 1. The molecule has 1 spiro atoms. The third-order valence-corrected chi connectivity index (χ3v) is 6.30. The smallest absolute Gasteiger partial charge is 0.324 e. The molecule has 1 aromatic carbocycles. The summed E-state index contributed by atoms with van der Waals surface area (Å²) in [6.07, 6.45) is 2.20. The monoisotopic (exact) mass is 414 g/mol. The summed E-state index contributed by atoms with van der Waals surface area (Å²) in [6, 6.07) is 7.71. The number of nitriles is 1. The minimum atomic E-state index is -1.07. The predicted octanol–water partition coefficient (Wildman–Crippen LogP) is 3.00. The van der Waals surface area contributed by atoms with E-state index in [-0.39, 0.29) is 5.02 Å². The lowest BCUT2D eigenvalue weighted by atomic mass is 9.80. The van der Waals surface area contributed by atoms with E-state index in [1.807, 2.05) is 17.5 Å². The third-order valence-electron chi connectivity index (χ3n) is 5.01. The van der Waals surface area contributed by atoms with Crippen molar-refractivity contribution in [1.82, 2.24) is 10.2 Å². The number of carbonyl (C=O) groups excluding carboxylic acids is 3. The fourth-order valence-electron chi connectivity index (χ4n) is 3.71. The van der Waals surface area contributed by atoms with Crippen LogP contribution in [0.15, 0.2) is 29.6 Å². The summed E-state index contributed by atoms with van der Waals surface area (Å²) in [4.78, 5) is 40.0. The van der Waals surface area contributed by atoms with E-state index in [9.17, 15) is 14.4 Å². The first kappa shape index (κ1) is 18.5. The highest BCUT2D eigenvalue weighted by Crippen LogP contribution is 2.42. The zero-order valence-electron chi connectivity index (χ0n) is 14.6. The van der Waals surface area contributed by atoms with Crippen LogP contribution in [0, 0.1) is 11.3 Å². The van der Waals surface area contributed by atoms with Crippen molar-refractivity contribution >= 4 is 46.5 Å². The van der Waals surface area contributed by atoms with Crippen molar-refractivity contribution < 1.29 is 14.4 Å². The minimum absolute atomic E-state index is 0.210. The van der Waals surface area contributed by atoms with E-state index in [0.29, 0.717) is 17.7 Å². The van der Waals surface area contributed by atoms with Crippen LogP contribution in [-0.2, 0) is 21.5 Å². The van der Waals surface area contributed by atoms with Gasteiger partial charge < -0.3 is 10.6 Å². The first-order chi connectivity index (χ1) is 13.4. The molecule has 1 aromatic heterocycles. The molecule has 0 radical (unpaired) electrons. The number of halogens is 1. The second-order valence-corrected chi connectivity index (χ2v) is 8.10. The van der Waals surface area contributed by atoms with Crippen LogP contribution in [0.3, 0.4) is 0 Å². The largest absolute Gasteiger partial charge is 0.325 e. The van der Waals surface area contributed by atoms with Crippen LogP contribution in [0.4, 0.5) is 10.5 Å². The number of thiophene rings is 1. The van der Waals surface area contributed by atoms with Gasteiger partial charge in [-0.1, -0.05) is 11.6 Å². The maximum atomic E-state index is 13.1. The molecule has 4 rings (SSSR count). The van der Waals surface area contributed by atoms with Crippen LogP contribution in [-0.4, -0.2) is 29.3 Å². The lowest BCUT2D eigenvalue weighted by Crippen LogP contribution is -2.46. The number of imide groups is 1. The number of rotatable bonds is 3. The minimum Gasteiger partial charge on any atom is -0.324 e. The number of benzene rings is 1. The highest BCUT2D eigenvalue weighted by Gasteiger charge is 2.54. The van der Waals surface area contributed by atoms with E-state index in [2.05, 4.69) is 10.6 Å². The number of aryl methyl sites for hydroxylation is 1. The van der Waals surface area contributed by atoms with E-state index in [4.69, 9.17) is 16.9 Å². The molecule has 0 bridgehead atoms. The van der Waals surface area contributed by atoms with Crippen molar-refractivity contribution in [3.05, 3.63) is 50.7 Å². The molecule has 0 unspecified atom stereocenters. The van der Waals surface area contributed by atoms with Crippen molar-refractivity contribution in [2.45, 2.75) is 24.8 Å². The van der Waals surface area contributed by atoms with E-state index < -0.39 is 29.9 Å². The van der Waals surface area contributed by atoms with Gasteiger partial charge in [-0.05, 0) is 48.9 Å². The average Bonchev–Trinajstić information content (AvgIpc) is 3.23. The molecule has 1 atom stereocenters. The summed E-state index contributed by atoms with van der Waals surface area (Å²) in [5.41, 5.74) is 0.444. The topological polar surface area (TPSA) is 102 Å². The van der Waals surface area contributed by atoms with Gasteiger partial charge >= 0.3 is 6.03 Å². The molecule has 28 heavy (non-hydrogen) atoms. The number of nitrogens with one attached hydrogen (secondary N) is 2. The molecule has 7 nitrogen and oxygen atoms in total. The molecule has 1 fully saturated rings. The van der Waals surface area contributed by atoms with Gasteiger partial charge in [0.1, 0.15) is 18.2 Å². The highest BCUT2D eigenvalue weighted by molar-refractivity contribution is 7.10. The highest BCUT2D eigenvalue weighted by atomic mass is 35.5. The molecule has 2 heterocycles. The maximum Gasteiger partial charge on any atom is 0.325 e. The number of hydrogen-bond acceptors (Lipinski definition) is 5. The fourth-order valence-corrected chi connectivity index (χ4v) is 4.94. The number of hydrogen-bond donors (Lipinski definition) is 2. The van der Waals surface area contributed by atoms with E-state index in [0.717, 1.165) is 28.2 Å². The number of nitrogens with zero attached hydrogens (tertiary/aromatic N) is 2. The second-order valence-electron chi connectivity index (χ2n) is 6.69. The van der Waals surface area contributed by atoms with Crippen LogP contribution in [0.1, 0.15) is 28.8 Å². The second kappa shape index (κ2) is 6.93. The molecule has 9 heteroatoms. The van der Waals surface area contributed by atoms with Crippen LogP contribution >= 0.6 is 22.9 Å². The van der Waals surface area contributed by atoms with Gasteiger partial charge in [-0.3, -0.25) is 14.5 Å². The van der Waals surface area contributed by atoms with Crippen molar-refractivity contribution in [3.63, 3.8) is 0 Å². The number of carbonyl (C=O) groups is 3. The maximum absolute atomic E-state index is 13.1. The van der Waals surface area contributed by atoms with E-state index in [1.54, 1.807) is 11.3 Å². The van der Waals surface area contributed by atoms with Crippen molar-refractivity contribution in [3.8, 4) is 6.07 Å². The number of amides is 4. The van der Waals surface area contributed by atoms with Crippen molar-refractivity contribution in [1.29, 1.82) is 5.26 Å². The zero-order valence-corrected chi connectivity index (χ0v) is 16.2. The van der Waals surface area contributed by atoms with E-state index in [1.165, 1.54) is 18.2 Å². The molecule has 0 saturated carbocycles. The first-order valence-electron chi connectivity index (χ1n) is 8.65. The average molecular weight is 415 g/mol. The molecule has 1 aliphatic carbocycles. The van der Waals surface area contributed by atoms with Crippen LogP contribution < -0.4 is 10.6 Å². The SMILES string of the molecule is N#Cc1ccc(NC(=O)CN2C(=O)N[C@@]3(CCCc4sccc43)C2=O)cc1Cl. The van der Waals surface area contributed by atoms with Gasteiger partial charge in [-0.25, -0.2) is 4.79 Å². The van der Waals surface area contributed by atoms with Crippen molar-refractivity contribution in [2.75, 3.05) is 11.9 Å². The lowest BCUT2D eigenvalue weighted by molar-refractivity contribution is -0.134. The van der Waals surface area contributed by atoms with Gasteiger partial charge in [0.05, 0.1) is 10.6 Å². The van der Waals surface area contributed by atoms with Crippen molar-refractivity contribution in [2.24, 2.45) is 0 Å². The van der Waals surface area contributed by atoms with Gasteiger partial charge in [-0.2, -0.15) is 5.26 Å². The fraction of sp³-hybridized carbons (Fsp3) is 0.263. The Balaban J connectivity index is 1.51. The predicted molar refractivity (Wildman–Crippen MR) is 104 cm³/mol. The molecular formula is C19H15ClN4O3S. The third kappa shape index (κ3) is 2.93. The van der Waals surface area contributed by atoms with Crippen LogP contribution in [0.25, 0.3) is 0 Å². The summed E-state index contributed by atoms with van der Waals surface area (Å²) >= 11 is 7.54. The molecule has 1 aliphatic heterocycles. The summed E-state index contributed by atoms with van der Waals surface area (Å²) in [6.45, 7) is -0.399. The van der Waals surface area contributed by atoms with Crippen LogP contribution in [0.2, 0.25) is 5.02 Å². The summed E-state index contributed by atoms with van der Waals surface area (Å²) in [5.74, 6) is -0.924. The Kier molecular flexibility index (Phi) is 4.57. The number of anilines is 1. The Hall–Kier alpha value is -2.89. The lowest BCUT2D eigenvalue weighted by Gasteiger charge is -2.31. The molecule has 2 aliphatic rings. The normalized spacial score (nSPS) is 20.6. The van der Waals surface area contributed by atoms with Gasteiger partial charge in [-0.15, -0.1) is 11.3 Å². The Morgan fingerprint density at radius 1 is 1.39 bits per heavy atom. The van der Waals surface area contributed by atoms with Gasteiger partial charge in [0.25, 0.3) is 5.91 Å². The standard InChI is InChI=1S/C19H15ClN4O3S/c20-14-8-12(4-3-11(14)9-21)22-16(25)10-24-17(26)19(23-18(24)27)6-1-2-15-13(19)5-7-28-15/h3-5,7-8H,1-2,6,10H2,(H,22,25)(H,23,27)/t19-/m1/s1. The summed E-state index contributed by atoms with van der Waals surface area (Å²) in [5, 5.41) is 16.4. The van der Waals surface area contributed by atoms with Gasteiger partial charge in [0, 0.05) is 16.1 Å². The summed E-state index contributed by atoms with van der Waals surface area (Å²) < 4.78 is 0. The summed E-state index contributed by atoms with van der Waals surface area (Å²) in [7, 11) is 0. The quantitative estimate of drug-likeness (QED) is 0.753. The molecule has 142 valence electrons. The number of fused-ring (bicyclic) bond motifs is 2. The van der Waals surface area contributed by atoms with E-state index >= 15 is 0 Å². The Labute approximate surface area is 169 Å². The molecule has 1 saturated heterocycles. The molecule has 2 aromatic rings.